The molecule has 164 valence electrons. The molecule has 0 atom stereocenters. The predicted octanol–water partition coefficient (Wildman–Crippen LogP) is 2.16. The highest BCUT2D eigenvalue weighted by Crippen LogP contribution is 2.32. The average molecular weight is 425 g/mol. The molecule has 1 saturated heterocycles. The van der Waals surface area contributed by atoms with Crippen molar-refractivity contribution in [2.75, 3.05) is 50.8 Å². The molecule has 1 aromatic carbocycles. The van der Waals surface area contributed by atoms with E-state index in [2.05, 4.69) is 4.90 Å². The zero-order valence-corrected chi connectivity index (χ0v) is 18.2. The highest BCUT2D eigenvalue weighted by molar-refractivity contribution is 5.67. The van der Waals surface area contributed by atoms with E-state index in [1.165, 1.54) is 36.0 Å². The number of nitrogens with zero attached hydrogens (tertiary/aromatic N) is 4. The topological polar surface area (TPSA) is 47.1 Å². The Morgan fingerprint density at radius 3 is 2.77 bits per heavy atom. The van der Waals surface area contributed by atoms with Crippen molar-refractivity contribution in [2.45, 2.75) is 32.6 Å². The minimum Gasteiger partial charge on any atom is -0.376 e. The molecule has 5 rings (SSSR count). The summed E-state index contributed by atoms with van der Waals surface area (Å²) in [7, 11) is 0. The van der Waals surface area contributed by atoms with Crippen LogP contribution in [0.5, 0.6) is 0 Å². The number of aromatic nitrogens is 3. The molecular weight excluding hydrogens is 393 g/mol. The van der Waals surface area contributed by atoms with Crippen LogP contribution in [0, 0.1) is 5.82 Å². The van der Waals surface area contributed by atoms with E-state index in [0.717, 1.165) is 75.7 Å². The van der Waals surface area contributed by atoms with Crippen LogP contribution in [0.4, 0.5) is 10.2 Å². The van der Waals surface area contributed by atoms with E-state index in [1.807, 2.05) is 23.6 Å². The van der Waals surface area contributed by atoms with Gasteiger partial charge >= 0.3 is 0 Å². The maximum atomic E-state index is 13.8. The quantitative estimate of drug-likeness (QED) is 0.616. The molecule has 0 bridgehead atoms. The van der Waals surface area contributed by atoms with Gasteiger partial charge in [-0.25, -0.2) is 9.37 Å². The molecular formula is C24H31FN5O+. The molecule has 1 N–H and O–H groups in total. The normalized spacial score (nSPS) is 17.3. The fraction of sp³-hybridized carbons (Fsp3) is 0.500. The number of piperazine rings is 1. The second kappa shape index (κ2) is 8.93. The number of fused-ring (bicyclic) bond motifs is 2. The molecule has 31 heavy (non-hydrogen) atoms. The number of halogens is 1. The summed E-state index contributed by atoms with van der Waals surface area (Å²) in [5.74, 6) is 0.958. The Labute approximate surface area is 182 Å². The summed E-state index contributed by atoms with van der Waals surface area (Å²) >= 11 is 0. The number of aryl methyl sites for hydroxylation is 1. The van der Waals surface area contributed by atoms with Crippen LogP contribution in [0.1, 0.15) is 31.0 Å². The van der Waals surface area contributed by atoms with Gasteiger partial charge in [0.2, 0.25) is 0 Å². The highest BCUT2D eigenvalue weighted by Gasteiger charge is 2.28. The van der Waals surface area contributed by atoms with Gasteiger partial charge in [0, 0.05) is 29.5 Å². The molecule has 1 aliphatic heterocycles. The van der Waals surface area contributed by atoms with Crippen molar-refractivity contribution in [2.24, 2.45) is 0 Å². The van der Waals surface area contributed by atoms with Crippen molar-refractivity contribution in [3.8, 4) is 11.3 Å². The van der Waals surface area contributed by atoms with Gasteiger partial charge in [-0.3, -0.25) is 0 Å². The van der Waals surface area contributed by atoms with Crippen LogP contribution in [0.2, 0.25) is 0 Å². The summed E-state index contributed by atoms with van der Waals surface area (Å²) in [4.78, 5) is 9.06. The smallest absolute Gasteiger partial charge is 0.158 e. The standard InChI is InChI=1S/C24H30FN5O/c1-2-31-15-14-28-10-12-29(13-11-28)24-20-8-3-4-9-21(20)26-23-17-22(27-30(23)24)18-6-5-7-19(25)16-18/h5-7,16-17H,2-4,8-15H2,1H3/p+1. The maximum Gasteiger partial charge on any atom is 0.158 e. The van der Waals surface area contributed by atoms with Crippen LogP contribution in [0.25, 0.3) is 16.9 Å². The van der Waals surface area contributed by atoms with Crippen LogP contribution < -0.4 is 9.80 Å². The number of rotatable bonds is 6. The monoisotopic (exact) mass is 424 g/mol. The van der Waals surface area contributed by atoms with E-state index < -0.39 is 0 Å². The first-order valence-corrected chi connectivity index (χ1v) is 11.6. The molecule has 2 aliphatic rings. The van der Waals surface area contributed by atoms with Gasteiger partial charge in [-0.2, -0.15) is 9.61 Å². The molecule has 0 saturated carbocycles. The van der Waals surface area contributed by atoms with Gasteiger partial charge in [0.15, 0.2) is 5.65 Å². The fourth-order valence-corrected chi connectivity index (χ4v) is 4.89. The maximum absolute atomic E-state index is 13.8. The number of benzene rings is 1. The molecule has 1 fully saturated rings. The third kappa shape index (κ3) is 4.16. The van der Waals surface area contributed by atoms with E-state index in [4.69, 9.17) is 14.8 Å². The Hall–Kier alpha value is -2.51. The zero-order valence-electron chi connectivity index (χ0n) is 18.2. The largest absolute Gasteiger partial charge is 0.376 e. The van der Waals surface area contributed by atoms with Gasteiger partial charge < -0.3 is 14.5 Å². The SMILES string of the molecule is CCOCC[NH+]1CCN(c2c3c(nc4cc(-c5cccc(F)c5)nn24)CCCC3)CC1. The molecule has 6 nitrogen and oxygen atoms in total. The minimum atomic E-state index is -0.242. The molecule has 0 unspecified atom stereocenters. The molecule has 0 amide bonds. The lowest BCUT2D eigenvalue weighted by Gasteiger charge is -2.35. The number of hydrogen-bond donors (Lipinski definition) is 1. The summed E-state index contributed by atoms with van der Waals surface area (Å²) in [6.45, 7) is 8.94. The van der Waals surface area contributed by atoms with Crippen molar-refractivity contribution in [1.82, 2.24) is 14.6 Å². The van der Waals surface area contributed by atoms with E-state index >= 15 is 0 Å². The second-order valence-corrected chi connectivity index (χ2v) is 8.56. The number of ether oxygens (including phenoxy) is 1. The van der Waals surface area contributed by atoms with Crippen molar-refractivity contribution in [1.29, 1.82) is 0 Å². The lowest BCUT2D eigenvalue weighted by atomic mass is 9.96. The van der Waals surface area contributed by atoms with Gasteiger partial charge in [-0.05, 0) is 44.7 Å². The van der Waals surface area contributed by atoms with E-state index in [0.29, 0.717) is 0 Å². The van der Waals surface area contributed by atoms with Gasteiger partial charge in [-0.1, -0.05) is 12.1 Å². The summed E-state index contributed by atoms with van der Waals surface area (Å²) in [6.07, 6.45) is 4.47. The first-order valence-electron chi connectivity index (χ1n) is 11.6. The lowest BCUT2D eigenvalue weighted by molar-refractivity contribution is -0.901. The first-order chi connectivity index (χ1) is 15.2. The Morgan fingerprint density at radius 2 is 1.97 bits per heavy atom. The Kier molecular flexibility index (Phi) is 5.87. The summed E-state index contributed by atoms with van der Waals surface area (Å²) < 4.78 is 21.4. The molecule has 7 heteroatoms. The van der Waals surface area contributed by atoms with Crippen molar-refractivity contribution in [3.05, 3.63) is 47.4 Å². The van der Waals surface area contributed by atoms with Crippen LogP contribution in [-0.2, 0) is 17.6 Å². The summed E-state index contributed by atoms with van der Waals surface area (Å²) in [5.41, 5.74) is 4.99. The third-order valence-electron chi connectivity index (χ3n) is 6.54. The zero-order chi connectivity index (χ0) is 21.2. The molecule has 2 aromatic heterocycles. The summed E-state index contributed by atoms with van der Waals surface area (Å²) in [5, 5.41) is 4.91. The summed E-state index contributed by atoms with van der Waals surface area (Å²) in [6, 6.07) is 8.65. The lowest BCUT2D eigenvalue weighted by Crippen LogP contribution is -3.15. The minimum absolute atomic E-state index is 0.242. The van der Waals surface area contributed by atoms with E-state index in [1.54, 1.807) is 17.0 Å². The molecule has 3 heterocycles. The van der Waals surface area contributed by atoms with Gasteiger partial charge in [0.05, 0.1) is 38.5 Å². The molecule has 1 aliphatic carbocycles. The molecule has 3 aromatic rings. The number of anilines is 1. The van der Waals surface area contributed by atoms with Crippen LogP contribution in [0.3, 0.4) is 0 Å². The number of nitrogens with one attached hydrogen (secondary N) is 1. The Balaban J connectivity index is 1.49. The van der Waals surface area contributed by atoms with Gasteiger partial charge in [0.1, 0.15) is 18.2 Å². The Bertz CT molecular complexity index is 1060. The van der Waals surface area contributed by atoms with Gasteiger partial charge in [-0.15, -0.1) is 0 Å². The van der Waals surface area contributed by atoms with Crippen molar-refractivity contribution in [3.63, 3.8) is 0 Å². The Morgan fingerprint density at radius 1 is 1.13 bits per heavy atom. The van der Waals surface area contributed by atoms with Crippen molar-refractivity contribution < 1.29 is 14.0 Å². The van der Waals surface area contributed by atoms with Crippen LogP contribution in [-0.4, -0.2) is 60.5 Å². The van der Waals surface area contributed by atoms with E-state index in [9.17, 15) is 4.39 Å². The first kappa shape index (κ1) is 20.4. The predicted molar refractivity (Wildman–Crippen MR) is 119 cm³/mol. The number of hydrogen-bond acceptors (Lipinski definition) is 4. The average Bonchev–Trinajstić information content (AvgIpc) is 3.22. The highest BCUT2D eigenvalue weighted by atomic mass is 19.1. The van der Waals surface area contributed by atoms with Crippen LogP contribution >= 0.6 is 0 Å². The molecule has 0 radical (unpaired) electrons. The van der Waals surface area contributed by atoms with E-state index in [-0.39, 0.29) is 5.82 Å². The number of quaternary nitrogens is 1. The third-order valence-corrected chi connectivity index (χ3v) is 6.54. The van der Waals surface area contributed by atoms with Crippen molar-refractivity contribution >= 4 is 11.5 Å². The fourth-order valence-electron chi connectivity index (χ4n) is 4.89. The molecule has 0 spiro atoms. The second-order valence-electron chi connectivity index (χ2n) is 8.56. The van der Waals surface area contributed by atoms with Gasteiger partial charge in [0.25, 0.3) is 0 Å². The van der Waals surface area contributed by atoms with Crippen LogP contribution in [0.15, 0.2) is 30.3 Å².